The maximum Gasteiger partial charge on any atom is 0.254 e. The van der Waals surface area contributed by atoms with Gasteiger partial charge >= 0.3 is 0 Å². The standard InChI is InChI=1S/C33H32BrCl2N3O7/c1-2-46-25-15-18(3-10-24(25)40)27-21-8-9-22-26(23(21)16-32(35)30(43)38(17-34)31(44)33(27,32)36)29(42)39(28(22)41)20-6-4-19(5-7-20)37-11-13-45-14-12-37/h3-8,10,15,22-23,26-27,40H,2,9,11-14,16-17H2,1H3. The number of amides is 4. The van der Waals surface area contributed by atoms with E-state index in [0.29, 0.717) is 30.0 Å². The van der Waals surface area contributed by atoms with Crippen molar-refractivity contribution in [3.63, 3.8) is 0 Å². The molecule has 0 aromatic heterocycles. The molecule has 0 radical (unpaired) electrons. The summed E-state index contributed by atoms with van der Waals surface area (Å²) in [5.41, 5.74) is 2.51. The summed E-state index contributed by atoms with van der Waals surface area (Å²) in [5, 5.41) is 10.5. The quantitative estimate of drug-likeness (QED) is 0.199. The highest BCUT2D eigenvalue weighted by molar-refractivity contribution is 9.09. The van der Waals surface area contributed by atoms with Gasteiger partial charge in [-0.05, 0) is 67.6 Å². The number of likely N-dealkylation sites (tertiary alicyclic amines) is 1. The van der Waals surface area contributed by atoms with Gasteiger partial charge in [0, 0.05) is 24.7 Å². The first-order valence-electron chi connectivity index (χ1n) is 15.3. The van der Waals surface area contributed by atoms with Crippen LogP contribution in [0.2, 0.25) is 0 Å². The number of carbonyl (C=O) groups excluding carboxylic acids is 4. The molecule has 3 heterocycles. The summed E-state index contributed by atoms with van der Waals surface area (Å²) in [6, 6.07) is 12.0. The Balaban J connectivity index is 1.30. The molecule has 6 unspecified atom stereocenters. The summed E-state index contributed by atoms with van der Waals surface area (Å²) >= 11 is 17.8. The fraction of sp³-hybridized carbons (Fsp3) is 0.455. The van der Waals surface area contributed by atoms with Crippen LogP contribution in [0.3, 0.4) is 0 Å². The molecular formula is C33H32BrCl2N3O7. The van der Waals surface area contributed by atoms with Crippen molar-refractivity contribution in [3.8, 4) is 11.5 Å². The first kappa shape index (κ1) is 31.5. The Kier molecular flexibility index (Phi) is 7.90. The number of halogens is 3. The van der Waals surface area contributed by atoms with Gasteiger partial charge in [-0.25, -0.2) is 0 Å². The third kappa shape index (κ3) is 4.38. The summed E-state index contributed by atoms with van der Waals surface area (Å²) in [7, 11) is 0. The van der Waals surface area contributed by atoms with Crippen molar-refractivity contribution >= 4 is 74.1 Å². The van der Waals surface area contributed by atoms with Crippen molar-refractivity contribution in [1.82, 2.24) is 4.90 Å². The highest BCUT2D eigenvalue weighted by Gasteiger charge is 2.76. The number of benzene rings is 2. The van der Waals surface area contributed by atoms with E-state index < -0.39 is 45.2 Å². The van der Waals surface area contributed by atoms with Gasteiger partial charge in [-0.3, -0.25) is 29.0 Å². The topological polar surface area (TPSA) is 117 Å². The lowest BCUT2D eigenvalue weighted by Crippen LogP contribution is -2.60. The number of alkyl halides is 3. The zero-order chi connectivity index (χ0) is 32.5. The number of phenols is 1. The van der Waals surface area contributed by atoms with Gasteiger partial charge in [0.1, 0.15) is 0 Å². The molecule has 2 aliphatic carbocycles. The van der Waals surface area contributed by atoms with E-state index in [1.807, 2.05) is 18.2 Å². The van der Waals surface area contributed by atoms with E-state index in [1.165, 1.54) is 11.0 Å². The Morgan fingerprint density at radius 1 is 0.978 bits per heavy atom. The number of ether oxygens (including phenoxy) is 2. The summed E-state index contributed by atoms with van der Waals surface area (Å²) in [4.78, 5) is 56.7. The van der Waals surface area contributed by atoms with Crippen LogP contribution < -0.4 is 14.5 Å². The van der Waals surface area contributed by atoms with E-state index in [1.54, 1.807) is 31.2 Å². The summed E-state index contributed by atoms with van der Waals surface area (Å²) in [6.07, 6.45) is 2.03. The largest absolute Gasteiger partial charge is 0.504 e. The van der Waals surface area contributed by atoms with Crippen LogP contribution in [0.1, 0.15) is 31.2 Å². The van der Waals surface area contributed by atoms with Crippen LogP contribution in [-0.4, -0.2) is 81.7 Å². The third-order valence-corrected chi connectivity index (χ3v) is 12.0. The number of phenolic OH excluding ortho intramolecular Hbond substituents is 1. The molecule has 1 N–H and O–H groups in total. The molecule has 2 aromatic rings. The van der Waals surface area contributed by atoms with Crippen LogP contribution in [0, 0.1) is 17.8 Å². The Morgan fingerprint density at radius 2 is 1.67 bits per heavy atom. The van der Waals surface area contributed by atoms with Crippen molar-refractivity contribution < 1.29 is 33.8 Å². The Labute approximate surface area is 284 Å². The average Bonchev–Trinajstić information content (AvgIpc) is 3.40. The van der Waals surface area contributed by atoms with Crippen LogP contribution in [-0.2, 0) is 23.9 Å². The highest BCUT2D eigenvalue weighted by atomic mass is 79.9. The molecule has 0 bridgehead atoms. The number of hydrogen-bond donors (Lipinski definition) is 1. The smallest absolute Gasteiger partial charge is 0.254 e. The number of rotatable bonds is 6. The normalized spacial score (nSPS) is 32.3. The first-order valence-corrected chi connectivity index (χ1v) is 17.2. The molecule has 2 aromatic carbocycles. The highest BCUT2D eigenvalue weighted by Crippen LogP contribution is 2.65. The Morgan fingerprint density at radius 3 is 2.35 bits per heavy atom. The minimum Gasteiger partial charge on any atom is -0.504 e. The van der Waals surface area contributed by atoms with E-state index in [0.717, 1.165) is 23.7 Å². The zero-order valence-electron chi connectivity index (χ0n) is 25.0. The van der Waals surface area contributed by atoms with Crippen LogP contribution in [0.15, 0.2) is 54.1 Å². The maximum absolute atomic E-state index is 14.3. The van der Waals surface area contributed by atoms with Crippen LogP contribution in [0.5, 0.6) is 11.5 Å². The fourth-order valence-corrected chi connectivity index (χ4v) is 9.42. The lowest BCUT2D eigenvalue weighted by Gasteiger charge is -2.50. The lowest BCUT2D eigenvalue weighted by atomic mass is 9.56. The van der Waals surface area contributed by atoms with Gasteiger partial charge < -0.3 is 19.5 Å². The van der Waals surface area contributed by atoms with Crippen molar-refractivity contribution in [2.45, 2.75) is 35.4 Å². The molecule has 5 aliphatic rings. The molecule has 242 valence electrons. The second-order valence-electron chi connectivity index (χ2n) is 12.3. The van der Waals surface area contributed by atoms with Gasteiger partial charge in [0.15, 0.2) is 21.2 Å². The predicted molar refractivity (Wildman–Crippen MR) is 175 cm³/mol. The number of carbonyl (C=O) groups is 4. The van der Waals surface area contributed by atoms with Gasteiger partial charge in [0.05, 0.1) is 42.8 Å². The van der Waals surface area contributed by atoms with Crippen molar-refractivity contribution in [2.75, 3.05) is 48.2 Å². The molecule has 46 heavy (non-hydrogen) atoms. The molecule has 10 nitrogen and oxygen atoms in total. The molecule has 3 saturated heterocycles. The van der Waals surface area contributed by atoms with Gasteiger partial charge in [-0.1, -0.05) is 33.6 Å². The number of aromatic hydroxyl groups is 1. The number of hydrogen-bond acceptors (Lipinski definition) is 8. The molecule has 0 spiro atoms. The molecular weight excluding hydrogens is 701 g/mol. The van der Waals surface area contributed by atoms with Gasteiger partial charge in [0.25, 0.3) is 11.8 Å². The molecule has 13 heteroatoms. The van der Waals surface area contributed by atoms with Crippen LogP contribution >= 0.6 is 39.1 Å². The number of anilines is 2. The van der Waals surface area contributed by atoms with Gasteiger partial charge in [-0.2, -0.15) is 0 Å². The number of nitrogens with zero attached hydrogens (tertiary/aromatic N) is 3. The number of morpholine rings is 1. The third-order valence-electron chi connectivity index (χ3n) is 10.1. The van der Waals surface area contributed by atoms with E-state index >= 15 is 0 Å². The Bertz CT molecular complexity index is 1660. The second kappa shape index (κ2) is 11.5. The summed E-state index contributed by atoms with van der Waals surface area (Å²) in [5.74, 6) is -4.99. The molecule has 1 saturated carbocycles. The maximum atomic E-state index is 14.3. The van der Waals surface area contributed by atoms with Gasteiger partial charge in [0.2, 0.25) is 11.8 Å². The average molecular weight is 733 g/mol. The van der Waals surface area contributed by atoms with Crippen molar-refractivity contribution in [3.05, 3.63) is 59.7 Å². The minimum absolute atomic E-state index is 0.0980. The molecule has 7 rings (SSSR count). The van der Waals surface area contributed by atoms with Crippen LogP contribution in [0.4, 0.5) is 11.4 Å². The van der Waals surface area contributed by atoms with Crippen LogP contribution in [0.25, 0.3) is 0 Å². The predicted octanol–water partition coefficient (Wildman–Crippen LogP) is 4.54. The molecule has 6 atom stereocenters. The van der Waals surface area contributed by atoms with Gasteiger partial charge in [-0.15, -0.1) is 23.2 Å². The second-order valence-corrected chi connectivity index (χ2v) is 14.0. The van der Waals surface area contributed by atoms with E-state index in [2.05, 4.69) is 20.8 Å². The Hall–Kier alpha value is -3.12. The SMILES string of the molecule is CCOc1cc(C2C3=CCC4C(=O)N(c5ccc(N6CCOCC6)cc5)C(=O)C4C3CC3(Cl)C(=O)N(CBr)C(=O)C23Cl)ccc1O. The lowest BCUT2D eigenvalue weighted by molar-refractivity contribution is -0.138. The monoisotopic (exact) mass is 731 g/mol. The van der Waals surface area contributed by atoms with Crippen molar-refractivity contribution in [2.24, 2.45) is 17.8 Å². The first-order chi connectivity index (χ1) is 22.1. The van der Waals surface area contributed by atoms with E-state index in [-0.39, 0.29) is 48.2 Å². The molecule has 3 aliphatic heterocycles. The number of imide groups is 2. The summed E-state index contributed by atoms with van der Waals surface area (Å²) < 4.78 is 11.1. The van der Waals surface area contributed by atoms with E-state index in [4.69, 9.17) is 32.7 Å². The molecule has 4 amide bonds. The van der Waals surface area contributed by atoms with E-state index in [9.17, 15) is 24.3 Å². The number of fused-ring (bicyclic) bond motifs is 4. The molecule has 4 fully saturated rings. The summed E-state index contributed by atoms with van der Waals surface area (Å²) in [6.45, 7) is 4.83. The minimum atomic E-state index is -1.93. The fourth-order valence-electron chi connectivity index (χ4n) is 8.00. The zero-order valence-corrected chi connectivity index (χ0v) is 28.1. The number of allylic oxidation sites excluding steroid dienone is 2. The van der Waals surface area contributed by atoms with Crippen molar-refractivity contribution in [1.29, 1.82) is 0 Å².